The quantitative estimate of drug-likeness (QED) is 0.271. The molecule has 0 fully saturated rings. The van der Waals surface area contributed by atoms with E-state index < -0.39 is 29.3 Å². The number of nitrogens with zero attached hydrogens (tertiary/aromatic N) is 2. The highest BCUT2D eigenvalue weighted by molar-refractivity contribution is 6.00. The van der Waals surface area contributed by atoms with Crippen molar-refractivity contribution < 1.29 is 23.7 Å². The van der Waals surface area contributed by atoms with Gasteiger partial charge in [0.15, 0.2) is 11.7 Å². The summed E-state index contributed by atoms with van der Waals surface area (Å²) in [6.45, 7) is 4.77. The number of carbonyl (C=O) groups excluding carboxylic acids is 2. The van der Waals surface area contributed by atoms with Gasteiger partial charge in [0.25, 0.3) is 5.69 Å². The second kappa shape index (κ2) is 7.70. The summed E-state index contributed by atoms with van der Waals surface area (Å²) >= 11 is 0. The highest BCUT2D eigenvalue weighted by Gasteiger charge is 2.22. The maximum atomic E-state index is 12.5. The standard InChI is InChI=1S/C20H18N2O7/c1-11-4-5-14(8-12(11)2)19(24)13(3)28-18(23)10-21-16-7-6-15(22(26)27)9-17(16)29-20(21)25/h4-9,13H,10H2,1-3H3. The lowest BCUT2D eigenvalue weighted by molar-refractivity contribution is -0.384. The fourth-order valence-electron chi connectivity index (χ4n) is 2.86. The predicted octanol–water partition coefficient (Wildman–Crippen LogP) is 2.93. The molecular weight excluding hydrogens is 380 g/mol. The number of fused-ring (bicyclic) bond motifs is 1. The Morgan fingerprint density at radius 3 is 2.55 bits per heavy atom. The number of aryl methyl sites for hydroxylation is 2. The van der Waals surface area contributed by atoms with Crippen molar-refractivity contribution in [2.75, 3.05) is 0 Å². The number of rotatable bonds is 6. The first-order chi connectivity index (χ1) is 13.7. The number of oxazole rings is 1. The zero-order valence-electron chi connectivity index (χ0n) is 16.0. The number of carbonyl (C=O) groups is 2. The Hall–Kier alpha value is -3.75. The molecule has 1 heterocycles. The van der Waals surface area contributed by atoms with E-state index >= 15 is 0 Å². The number of ether oxygens (including phenoxy) is 1. The largest absolute Gasteiger partial charge is 0.453 e. The van der Waals surface area contributed by atoms with Crippen LogP contribution >= 0.6 is 0 Å². The van der Waals surface area contributed by atoms with E-state index in [0.717, 1.165) is 21.8 Å². The number of nitro benzene ring substituents is 1. The molecule has 3 aromatic rings. The van der Waals surface area contributed by atoms with Gasteiger partial charge in [0.1, 0.15) is 6.54 Å². The van der Waals surface area contributed by atoms with Gasteiger partial charge in [-0.05, 0) is 44.0 Å². The molecule has 0 spiro atoms. The van der Waals surface area contributed by atoms with E-state index in [0.29, 0.717) is 5.56 Å². The van der Waals surface area contributed by atoms with Crippen LogP contribution in [0, 0.1) is 24.0 Å². The number of ketones is 1. The molecule has 0 radical (unpaired) electrons. The molecular formula is C20H18N2O7. The molecule has 0 amide bonds. The van der Waals surface area contributed by atoms with Crippen LogP contribution in [0.2, 0.25) is 0 Å². The first-order valence-corrected chi connectivity index (χ1v) is 8.76. The molecule has 1 atom stereocenters. The molecule has 1 unspecified atom stereocenters. The molecule has 0 N–H and O–H groups in total. The third kappa shape index (κ3) is 4.08. The second-order valence-electron chi connectivity index (χ2n) is 6.66. The van der Waals surface area contributed by atoms with Gasteiger partial charge in [0, 0.05) is 11.6 Å². The van der Waals surface area contributed by atoms with Crippen LogP contribution in [-0.4, -0.2) is 27.3 Å². The van der Waals surface area contributed by atoms with E-state index in [4.69, 9.17) is 9.15 Å². The molecule has 1 aromatic heterocycles. The van der Waals surface area contributed by atoms with Gasteiger partial charge in [0.2, 0.25) is 5.78 Å². The number of hydrogen-bond donors (Lipinski definition) is 0. The number of Topliss-reactive ketones (excluding diaryl/α,β-unsaturated/α-hetero) is 1. The zero-order chi connectivity index (χ0) is 21.3. The van der Waals surface area contributed by atoms with E-state index in [1.807, 2.05) is 19.9 Å². The fourth-order valence-corrected chi connectivity index (χ4v) is 2.86. The van der Waals surface area contributed by atoms with Gasteiger partial charge in [-0.2, -0.15) is 0 Å². The summed E-state index contributed by atoms with van der Waals surface area (Å²) in [4.78, 5) is 47.0. The summed E-state index contributed by atoms with van der Waals surface area (Å²) < 4.78 is 11.1. The third-order valence-corrected chi connectivity index (χ3v) is 4.62. The van der Waals surface area contributed by atoms with Gasteiger partial charge in [-0.3, -0.25) is 24.3 Å². The maximum Gasteiger partial charge on any atom is 0.420 e. The topological polar surface area (TPSA) is 122 Å². The van der Waals surface area contributed by atoms with Crippen molar-refractivity contribution in [1.82, 2.24) is 4.57 Å². The van der Waals surface area contributed by atoms with Gasteiger partial charge in [-0.25, -0.2) is 4.79 Å². The predicted molar refractivity (Wildman–Crippen MR) is 103 cm³/mol. The van der Waals surface area contributed by atoms with Crippen molar-refractivity contribution in [3.63, 3.8) is 0 Å². The summed E-state index contributed by atoms with van der Waals surface area (Å²) in [6.07, 6.45) is -1.04. The number of nitro groups is 1. The van der Waals surface area contributed by atoms with Crippen LogP contribution in [0.5, 0.6) is 0 Å². The van der Waals surface area contributed by atoms with Gasteiger partial charge >= 0.3 is 11.7 Å². The molecule has 29 heavy (non-hydrogen) atoms. The molecule has 150 valence electrons. The van der Waals surface area contributed by atoms with Crippen LogP contribution in [0.25, 0.3) is 11.1 Å². The van der Waals surface area contributed by atoms with E-state index in [9.17, 15) is 24.5 Å². The first kappa shape index (κ1) is 20.0. The van der Waals surface area contributed by atoms with Gasteiger partial charge < -0.3 is 9.15 Å². The van der Waals surface area contributed by atoms with Crippen molar-refractivity contribution >= 4 is 28.5 Å². The fraction of sp³-hybridized carbons (Fsp3) is 0.250. The lowest BCUT2D eigenvalue weighted by atomic mass is 10.0. The van der Waals surface area contributed by atoms with Crippen LogP contribution < -0.4 is 5.76 Å². The third-order valence-electron chi connectivity index (χ3n) is 4.62. The Kier molecular flexibility index (Phi) is 5.31. The lowest BCUT2D eigenvalue weighted by Crippen LogP contribution is -2.28. The molecule has 9 nitrogen and oxygen atoms in total. The molecule has 3 rings (SSSR count). The van der Waals surface area contributed by atoms with E-state index in [-0.39, 0.29) is 22.6 Å². The molecule has 0 saturated carbocycles. The number of hydrogen-bond acceptors (Lipinski definition) is 7. The molecule has 0 aliphatic rings. The average Bonchev–Trinajstić information content (AvgIpc) is 2.97. The number of non-ortho nitro benzene ring substituents is 1. The minimum atomic E-state index is -1.04. The second-order valence-corrected chi connectivity index (χ2v) is 6.66. The minimum Gasteiger partial charge on any atom is -0.453 e. The van der Waals surface area contributed by atoms with Crippen molar-refractivity contribution in [2.24, 2.45) is 0 Å². The molecule has 0 aliphatic carbocycles. The summed E-state index contributed by atoms with van der Waals surface area (Å²) in [6, 6.07) is 8.82. The van der Waals surface area contributed by atoms with Crippen molar-refractivity contribution in [1.29, 1.82) is 0 Å². The normalized spacial score (nSPS) is 12.0. The Bertz CT molecular complexity index is 1190. The van der Waals surface area contributed by atoms with Gasteiger partial charge in [0.05, 0.1) is 16.5 Å². The molecule has 9 heteroatoms. The Labute approximate surface area is 164 Å². The highest BCUT2D eigenvalue weighted by atomic mass is 16.6. The maximum absolute atomic E-state index is 12.5. The van der Waals surface area contributed by atoms with Crippen LogP contribution in [0.4, 0.5) is 5.69 Å². The van der Waals surface area contributed by atoms with Crippen molar-refractivity contribution in [3.8, 4) is 0 Å². The average molecular weight is 398 g/mol. The van der Waals surface area contributed by atoms with E-state index in [2.05, 4.69) is 0 Å². The summed E-state index contributed by atoms with van der Waals surface area (Å²) in [5.74, 6) is -2.02. The molecule has 0 bridgehead atoms. The molecule has 0 saturated heterocycles. The highest BCUT2D eigenvalue weighted by Crippen LogP contribution is 2.20. The Morgan fingerprint density at radius 1 is 1.17 bits per heavy atom. The van der Waals surface area contributed by atoms with E-state index in [1.54, 1.807) is 12.1 Å². The smallest absolute Gasteiger partial charge is 0.420 e. The van der Waals surface area contributed by atoms with Crippen molar-refractivity contribution in [2.45, 2.75) is 33.4 Å². The van der Waals surface area contributed by atoms with Crippen LogP contribution in [0.3, 0.4) is 0 Å². The minimum absolute atomic E-state index is 0.0174. The molecule has 0 aliphatic heterocycles. The zero-order valence-corrected chi connectivity index (χ0v) is 16.0. The molecule has 2 aromatic carbocycles. The van der Waals surface area contributed by atoms with E-state index in [1.165, 1.54) is 19.1 Å². The number of benzene rings is 2. The lowest BCUT2D eigenvalue weighted by Gasteiger charge is -2.13. The number of esters is 1. The van der Waals surface area contributed by atoms with Crippen molar-refractivity contribution in [3.05, 3.63) is 73.8 Å². The SMILES string of the molecule is Cc1ccc(C(=O)C(C)OC(=O)Cn2c(=O)oc3cc([N+](=O)[O-])ccc32)cc1C. The summed E-state index contributed by atoms with van der Waals surface area (Å²) in [5.41, 5.74) is 2.36. The first-order valence-electron chi connectivity index (χ1n) is 8.76. The number of aromatic nitrogens is 1. The van der Waals surface area contributed by atoms with Gasteiger partial charge in [-0.15, -0.1) is 0 Å². The summed E-state index contributed by atoms with van der Waals surface area (Å²) in [5, 5.41) is 10.8. The Morgan fingerprint density at radius 2 is 1.90 bits per heavy atom. The summed E-state index contributed by atoms with van der Waals surface area (Å²) in [7, 11) is 0. The van der Waals surface area contributed by atoms with Crippen LogP contribution in [0.15, 0.2) is 45.6 Å². The van der Waals surface area contributed by atoms with Crippen LogP contribution in [-0.2, 0) is 16.1 Å². The van der Waals surface area contributed by atoms with Crippen LogP contribution in [0.1, 0.15) is 28.4 Å². The Balaban J connectivity index is 1.75. The van der Waals surface area contributed by atoms with Gasteiger partial charge in [-0.1, -0.05) is 12.1 Å². The monoisotopic (exact) mass is 398 g/mol.